The summed E-state index contributed by atoms with van der Waals surface area (Å²) in [6, 6.07) is 0. The van der Waals surface area contributed by atoms with Gasteiger partial charge in [-0.1, -0.05) is 55.4 Å². The third-order valence-corrected chi connectivity index (χ3v) is 18.8. The van der Waals surface area contributed by atoms with Gasteiger partial charge in [0.05, 0.1) is 12.9 Å². The summed E-state index contributed by atoms with van der Waals surface area (Å²) in [7, 11) is -5.72. The first-order valence-electron chi connectivity index (χ1n) is 14.2. The van der Waals surface area contributed by atoms with E-state index in [1.54, 1.807) is 29.6 Å². The molecule has 5 heterocycles. The minimum absolute atomic E-state index is 0.135. The van der Waals surface area contributed by atoms with Crippen molar-refractivity contribution in [3.05, 3.63) is 31.4 Å². The number of nitrogen functional groups attached to an aromatic ring is 1. The normalized spacial score (nSPS) is 26.0. The molecule has 5 rings (SSSR count). The number of ether oxygens (including phenoxy) is 2. The molecule has 0 spiro atoms. The van der Waals surface area contributed by atoms with Crippen LogP contribution < -0.4 is 5.73 Å². The second-order valence-corrected chi connectivity index (χ2v) is 21.2. The molecule has 0 amide bonds. The van der Waals surface area contributed by atoms with Crippen molar-refractivity contribution in [1.82, 2.24) is 29.1 Å². The largest absolute Gasteiger partial charge is 0.459 e. The van der Waals surface area contributed by atoms with Crippen LogP contribution in [0.1, 0.15) is 61.6 Å². The van der Waals surface area contributed by atoms with E-state index in [0.29, 0.717) is 17.8 Å². The van der Waals surface area contributed by atoms with E-state index in [-0.39, 0.29) is 33.2 Å². The van der Waals surface area contributed by atoms with E-state index >= 15 is 0 Å². The van der Waals surface area contributed by atoms with Gasteiger partial charge in [-0.15, -0.1) is 0 Å². The van der Waals surface area contributed by atoms with Gasteiger partial charge in [-0.2, -0.15) is 0 Å². The number of hydrogen-bond donors (Lipinski definition) is 1. The number of nitrogens with zero attached hydrogens (tertiary/aromatic N) is 6. The average molecular weight is 620 g/mol. The first-order chi connectivity index (χ1) is 19.4. The molecule has 3 aromatic heterocycles. The van der Waals surface area contributed by atoms with Crippen LogP contribution in [-0.2, 0) is 22.4 Å². The van der Waals surface area contributed by atoms with Gasteiger partial charge in [0.1, 0.15) is 30.4 Å². The van der Waals surface area contributed by atoms with Gasteiger partial charge in [-0.3, -0.25) is 9.13 Å². The average Bonchev–Trinajstić information content (AvgIpc) is 3.64. The summed E-state index contributed by atoms with van der Waals surface area (Å²) in [5.74, 6) is 0.285. The van der Waals surface area contributed by atoms with Gasteiger partial charge in [0.2, 0.25) is 0 Å². The summed E-state index contributed by atoms with van der Waals surface area (Å²) in [6.07, 6.45) is 5.69. The van der Waals surface area contributed by atoms with E-state index in [4.69, 9.17) is 40.4 Å². The molecule has 12 nitrogen and oxygen atoms in total. The van der Waals surface area contributed by atoms with Gasteiger partial charge in [0.15, 0.2) is 23.8 Å². The molecule has 2 aliphatic rings. The van der Waals surface area contributed by atoms with Crippen molar-refractivity contribution in [2.24, 2.45) is 0 Å². The fraction of sp³-hybridized carbons (Fsp3) is 0.654. The molecular formula is C26H41N7O5SSi2. The van der Waals surface area contributed by atoms with Gasteiger partial charge in [-0.05, 0) is 34.4 Å². The lowest BCUT2D eigenvalue weighted by Gasteiger charge is -2.51. The van der Waals surface area contributed by atoms with Crippen molar-refractivity contribution in [2.75, 3.05) is 12.3 Å². The number of anilines is 1. The molecule has 2 fully saturated rings. The third kappa shape index (κ3) is 5.15. The van der Waals surface area contributed by atoms with Gasteiger partial charge >= 0.3 is 17.1 Å². The van der Waals surface area contributed by atoms with Crippen molar-refractivity contribution < 1.29 is 22.4 Å². The Morgan fingerprint density at radius 3 is 2.29 bits per heavy atom. The molecule has 2 N–H and O–H groups in total. The molecular weight excluding hydrogens is 579 g/mol. The zero-order valence-corrected chi connectivity index (χ0v) is 27.7. The SMILES string of the molecule is CC(C)[Si]1(C(C)C)OC[C@H]2O[C@@H](n3cnc4c(N)ncnc43)[C@H](OC(=S)n3ccnc3)[C@@H]2O[Si](C(C)C)(C(C)C)O1. The molecule has 0 radical (unpaired) electrons. The monoisotopic (exact) mass is 619 g/mol. The van der Waals surface area contributed by atoms with Crippen LogP contribution in [0, 0.1) is 0 Å². The Bertz CT molecular complexity index is 1350. The highest BCUT2D eigenvalue weighted by molar-refractivity contribution is 7.80. The summed E-state index contributed by atoms with van der Waals surface area (Å²) in [5.41, 5.74) is 7.82. The van der Waals surface area contributed by atoms with Crippen molar-refractivity contribution in [3.63, 3.8) is 0 Å². The summed E-state index contributed by atoms with van der Waals surface area (Å²) < 4.78 is 38.4. The summed E-state index contributed by atoms with van der Waals surface area (Å²) in [6.45, 7) is 17.8. The van der Waals surface area contributed by atoms with Crippen LogP contribution in [0.4, 0.5) is 5.82 Å². The Morgan fingerprint density at radius 2 is 1.68 bits per heavy atom. The van der Waals surface area contributed by atoms with E-state index in [1.807, 2.05) is 4.57 Å². The van der Waals surface area contributed by atoms with Crippen molar-refractivity contribution in [1.29, 1.82) is 0 Å². The Hall–Kier alpha value is -2.28. The Balaban J connectivity index is 1.63. The summed E-state index contributed by atoms with van der Waals surface area (Å²) in [4.78, 5) is 17.2. The molecule has 3 aromatic rings. The van der Waals surface area contributed by atoms with E-state index < -0.39 is 41.7 Å². The zero-order chi connectivity index (χ0) is 29.7. The molecule has 0 unspecified atom stereocenters. The van der Waals surface area contributed by atoms with Crippen molar-refractivity contribution in [2.45, 2.75) is 102 Å². The maximum atomic E-state index is 7.38. The van der Waals surface area contributed by atoms with Crippen LogP contribution in [0.25, 0.3) is 11.2 Å². The number of nitrogens with two attached hydrogens (primary N) is 1. The standard InChI is InChI=1S/C26H41N7O5SSi2/c1-15(2)40(16(3)4)34-11-19-21(37-41(38-40,17(5)6)18(7)8)22(36-26(39)32-10-9-28-13-32)25(35-19)33-14-31-20-23(27)29-12-30-24(20)33/h9-10,12-19,21-22,25H,11H2,1-8H3,(H2,27,29,30)/t19-,21-,22-,25-/m1/s1. The fourth-order valence-electron chi connectivity index (χ4n) is 6.07. The molecule has 2 aliphatic heterocycles. The maximum absolute atomic E-state index is 7.38. The minimum atomic E-state index is -2.96. The predicted molar refractivity (Wildman–Crippen MR) is 163 cm³/mol. The first-order valence-corrected chi connectivity index (χ1v) is 18.6. The quantitative estimate of drug-likeness (QED) is 0.305. The second-order valence-electron chi connectivity index (χ2n) is 12.0. The van der Waals surface area contributed by atoms with Gasteiger partial charge in [0, 0.05) is 12.4 Å². The number of imidazole rings is 2. The maximum Gasteiger partial charge on any atom is 0.335 e. The van der Waals surface area contributed by atoms with Crippen LogP contribution in [0.3, 0.4) is 0 Å². The molecule has 0 bridgehead atoms. The Labute approximate surface area is 248 Å². The van der Waals surface area contributed by atoms with E-state index in [0.717, 1.165) is 0 Å². The third-order valence-electron chi connectivity index (χ3n) is 8.23. The highest BCUT2D eigenvalue weighted by Crippen LogP contribution is 2.49. The molecule has 0 aromatic carbocycles. The lowest BCUT2D eigenvalue weighted by atomic mass is 10.1. The smallest absolute Gasteiger partial charge is 0.335 e. The lowest BCUT2D eigenvalue weighted by molar-refractivity contribution is -0.0565. The van der Waals surface area contributed by atoms with E-state index in [1.165, 1.54) is 6.33 Å². The number of thiocarbonyl (C=S) groups is 1. The van der Waals surface area contributed by atoms with Gasteiger partial charge in [-0.25, -0.2) is 19.9 Å². The number of hydrogen-bond acceptors (Lipinski definition) is 11. The van der Waals surface area contributed by atoms with Crippen molar-refractivity contribution >= 4 is 51.5 Å². The van der Waals surface area contributed by atoms with Crippen LogP contribution in [-0.4, -0.2) is 76.3 Å². The Morgan fingerprint density at radius 1 is 1.00 bits per heavy atom. The lowest BCUT2D eigenvalue weighted by Crippen LogP contribution is -2.66. The topological polar surface area (TPSA) is 134 Å². The molecule has 4 atom stereocenters. The Kier molecular flexibility index (Phi) is 8.41. The molecule has 41 heavy (non-hydrogen) atoms. The highest BCUT2D eigenvalue weighted by Gasteiger charge is 2.62. The zero-order valence-electron chi connectivity index (χ0n) is 24.9. The molecule has 0 aliphatic carbocycles. The van der Waals surface area contributed by atoms with Gasteiger partial charge < -0.3 is 28.2 Å². The molecule has 224 valence electrons. The summed E-state index contributed by atoms with van der Waals surface area (Å²) >= 11 is 5.70. The van der Waals surface area contributed by atoms with Crippen molar-refractivity contribution in [3.8, 4) is 0 Å². The van der Waals surface area contributed by atoms with Crippen LogP contribution in [0.15, 0.2) is 31.4 Å². The molecule has 2 saturated heterocycles. The minimum Gasteiger partial charge on any atom is -0.459 e. The first kappa shape index (κ1) is 30.2. The predicted octanol–water partition coefficient (Wildman–Crippen LogP) is 4.68. The second kappa shape index (κ2) is 11.4. The number of rotatable bonds is 6. The van der Waals surface area contributed by atoms with Gasteiger partial charge in [0.25, 0.3) is 5.17 Å². The molecule has 0 saturated carbocycles. The summed E-state index contributed by atoms with van der Waals surface area (Å²) in [5, 5.41) is 0.224. The molecule has 15 heteroatoms. The number of aromatic nitrogens is 6. The van der Waals surface area contributed by atoms with E-state index in [2.05, 4.69) is 75.3 Å². The fourth-order valence-corrected chi connectivity index (χ4v) is 17.5. The number of fused-ring (bicyclic) bond motifs is 2. The highest BCUT2D eigenvalue weighted by atomic mass is 32.1. The van der Waals surface area contributed by atoms with Crippen LogP contribution in [0.5, 0.6) is 0 Å². The van der Waals surface area contributed by atoms with Crippen LogP contribution in [0.2, 0.25) is 22.2 Å². The van der Waals surface area contributed by atoms with E-state index in [9.17, 15) is 0 Å². The van der Waals surface area contributed by atoms with Crippen LogP contribution >= 0.6 is 12.2 Å².